The van der Waals surface area contributed by atoms with Crippen LogP contribution in [0.4, 0.5) is 5.69 Å². The summed E-state index contributed by atoms with van der Waals surface area (Å²) >= 11 is 5.88. The first kappa shape index (κ1) is 16.8. The van der Waals surface area contributed by atoms with Crippen LogP contribution in [0, 0.1) is 0 Å². The largest absolute Gasteiger partial charge is 1.00 e. The molecule has 0 aliphatic carbocycles. The van der Waals surface area contributed by atoms with E-state index in [1.165, 1.54) is 0 Å². The number of fused-ring (bicyclic) bond motifs is 1. The van der Waals surface area contributed by atoms with E-state index in [1.807, 2.05) is 24.3 Å². The molecule has 0 radical (unpaired) electrons. The molecule has 0 heterocycles. The van der Waals surface area contributed by atoms with Gasteiger partial charge in [-0.2, -0.15) is 0 Å². The van der Waals surface area contributed by atoms with Gasteiger partial charge in [0, 0.05) is 10.7 Å². The third-order valence-electron chi connectivity index (χ3n) is 3.19. The van der Waals surface area contributed by atoms with E-state index in [9.17, 15) is 9.90 Å². The average Bonchev–Trinajstić information content (AvgIpc) is 2.46. The summed E-state index contributed by atoms with van der Waals surface area (Å²) in [6.07, 6.45) is 0. The molecule has 0 saturated heterocycles. The van der Waals surface area contributed by atoms with E-state index in [0.29, 0.717) is 10.7 Å². The molecule has 3 rings (SSSR count). The number of aromatic hydroxyl groups is 1. The number of phenolic OH excluding ortho intramolecular Hbond substituents is 1. The van der Waals surface area contributed by atoms with Crippen LogP contribution >= 0.6 is 11.6 Å². The second-order valence-corrected chi connectivity index (χ2v) is 5.12. The summed E-state index contributed by atoms with van der Waals surface area (Å²) in [5.74, 6) is -0.422. The molecule has 2 N–H and O–H groups in total. The minimum absolute atomic E-state index is 0. The van der Waals surface area contributed by atoms with Gasteiger partial charge >= 0.3 is 29.6 Å². The second kappa shape index (κ2) is 7.16. The molecule has 0 bridgehead atoms. The van der Waals surface area contributed by atoms with E-state index >= 15 is 0 Å². The van der Waals surface area contributed by atoms with Crippen molar-refractivity contribution in [3.63, 3.8) is 0 Å². The Hall–Kier alpha value is -1.52. The first-order valence-electron chi connectivity index (χ1n) is 6.42. The van der Waals surface area contributed by atoms with Crippen LogP contribution in [0.2, 0.25) is 5.02 Å². The van der Waals surface area contributed by atoms with Gasteiger partial charge in [-0.05, 0) is 41.1 Å². The first-order chi connectivity index (χ1) is 10.1. The quantitative estimate of drug-likeness (QED) is 0.702. The number of nitrogens with one attached hydrogen (secondary N) is 1. The van der Waals surface area contributed by atoms with Crippen molar-refractivity contribution < 1.29 is 39.5 Å². The van der Waals surface area contributed by atoms with E-state index in [-0.39, 0.29) is 46.8 Å². The zero-order chi connectivity index (χ0) is 14.8. The van der Waals surface area contributed by atoms with Crippen molar-refractivity contribution in [2.75, 3.05) is 5.32 Å². The summed E-state index contributed by atoms with van der Waals surface area (Å²) in [7, 11) is 0. The molecule has 3 aromatic carbocycles. The molecule has 0 atom stereocenters. The molecule has 0 aromatic heterocycles. The second-order valence-electron chi connectivity index (χ2n) is 4.68. The fourth-order valence-corrected chi connectivity index (χ4v) is 2.37. The summed E-state index contributed by atoms with van der Waals surface area (Å²) in [4.78, 5) is 12.3. The van der Waals surface area contributed by atoms with Crippen molar-refractivity contribution in [3.8, 4) is 5.75 Å². The normalized spacial score (nSPS) is 10.0. The Bertz CT molecular complexity index is 836. The van der Waals surface area contributed by atoms with Crippen molar-refractivity contribution in [2.24, 2.45) is 0 Å². The van der Waals surface area contributed by atoms with Crippen LogP contribution < -0.4 is 34.9 Å². The maximum absolute atomic E-state index is 12.3. The summed E-state index contributed by atoms with van der Waals surface area (Å²) in [6, 6.07) is 17.7. The van der Waals surface area contributed by atoms with Crippen LogP contribution in [0.25, 0.3) is 10.8 Å². The Labute approximate surface area is 155 Å². The van der Waals surface area contributed by atoms with Gasteiger partial charge in [-0.3, -0.25) is 4.79 Å². The number of benzene rings is 3. The molecule has 0 aliphatic rings. The summed E-state index contributed by atoms with van der Waals surface area (Å²) in [6.45, 7) is 0. The van der Waals surface area contributed by atoms with Gasteiger partial charge in [-0.15, -0.1) is 0 Å². The summed E-state index contributed by atoms with van der Waals surface area (Å²) in [5.41, 5.74) is 0.814. The topological polar surface area (TPSA) is 49.3 Å². The molecule has 0 aliphatic heterocycles. The molecule has 0 saturated carbocycles. The minimum atomic E-state index is -0.375. The summed E-state index contributed by atoms with van der Waals surface area (Å²) < 4.78 is 0. The number of anilines is 1. The van der Waals surface area contributed by atoms with E-state index in [1.54, 1.807) is 36.4 Å². The minimum Gasteiger partial charge on any atom is -0.507 e. The Kier molecular flexibility index (Phi) is 5.48. The molecule has 1 amide bonds. The van der Waals surface area contributed by atoms with Gasteiger partial charge in [-0.1, -0.05) is 41.9 Å². The average molecular weight is 321 g/mol. The molecule has 104 valence electrons. The van der Waals surface area contributed by atoms with Gasteiger partial charge in [0.25, 0.3) is 5.91 Å². The maximum atomic E-state index is 12.3. The fourth-order valence-electron chi connectivity index (χ4n) is 2.17. The number of carbonyl (C=O) groups excluding carboxylic acids is 1. The van der Waals surface area contributed by atoms with Gasteiger partial charge in [0.1, 0.15) is 5.75 Å². The Morgan fingerprint density at radius 1 is 0.955 bits per heavy atom. The van der Waals surface area contributed by atoms with E-state index < -0.39 is 0 Å². The Balaban J connectivity index is 0.00000176. The van der Waals surface area contributed by atoms with Crippen LogP contribution in [0.3, 0.4) is 0 Å². The third kappa shape index (κ3) is 3.62. The van der Waals surface area contributed by atoms with Crippen LogP contribution in [0.5, 0.6) is 5.75 Å². The number of hydrogen-bond acceptors (Lipinski definition) is 2. The van der Waals surface area contributed by atoms with E-state index in [0.717, 1.165) is 10.8 Å². The number of amides is 1. The molecule has 3 aromatic rings. The van der Waals surface area contributed by atoms with Crippen LogP contribution in [-0.4, -0.2) is 11.0 Å². The molecule has 22 heavy (non-hydrogen) atoms. The number of phenols is 1. The number of carbonyl (C=O) groups is 1. The van der Waals surface area contributed by atoms with Gasteiger partial charge in [0.05, 0.1) is 5.56 Å². The zero-order valence-corrected chi connectivity index (χ0v) is 14.8. The molecular weight excluding hydrogens is 309 g/mol. The monoisotopic (exact) mass is 320 g/mol. The van der Waals surface area contributed by atoms with E-state index in [4.69, 9.17) is 11.6 Å². The van der Waals surface area contributed by atoms with Gasteiger partial charge in [0.2, 0.25) is 0 Å². The predicted octanol–water partition coefficient (Wildman–Crippen LogP) is 1.46. The van der Waals surface area contributed by atoms with Crippen molar-refractivity contribution in [1.82, 2.24) is 0 Å². The van der Waals surface area contributed by atoms with Gasteiger partial charge in [-0.25, -0.2) is 0 Å². The Morgan fingerprint density at radius 2 is 1.64 bits per heavy atom. The molecule has 0 unspecified atom stereocenters. The third-order valence-corrected chi connectivity index (χ3v) is 3.43. The van der Waals surface area contributed by atoms with Gasteiger partial charge < -0.3 is 10.4 Å². The first-order valence-corrected chi connectivity index (χ1v) is 6.80. The molecule has 0 spiro atoms. The number of halogens is 1. The molecular formula is C17H12ClNNaO2+. The van der Waals surface area contributed by atoms with Crippen molar-refractivity contribution in [3.05, 3.63) is 71.2 Å². The van der Waals surface area contributed by atoms with Gasteiger partial charge in [0.15, 0.2) is 0 Å². The van der Waals surface area contributed by atoms with Crippen LogP contribution in [0.15, 0.2) is 60.7 Å². The van der Waals surface area contributed by atoms with Crippen molar-refractivity contribution in [1.29, 1.82) is 0 Å². The SMILES string of the molecule is O=C(Nc1cccc(Cl)c1)c1cc2ccccc2cc1O.[Na+]. The predicted molar refractivity (Wildman–Crippen MR) is 85.0 cm³/mol. The zero-order valence-electron chi connectivity index (χ0n) is 12.0. The van der Waals surface area contributed by atoms with Crippen molar-refractivity contribution in [2.45, 2.75) is 0 Å². The number of hydrogen-bond donors (Lipinski definition) is 2. The fraction of sp³-hybridized carbons (Fsp3) is 0. The van der Waals surface area contributed by atoms with E-state index in [2.05, 4.69) is 5.32 Å². The number of rotatable bonds is 2. The van der Waals surface area contributed by atoms with Crippen LogP contribution in [0.1, 0.15) is 10.4 Å². The molecule has 3 nitrogen and oxygen atoms in total. The summed E-state index contributed by atoms with van der Waals surface area (Å²) in [5, 5.41) is 15.1. The smallest absolute Gasteiger partial charge is 0.507 e. The van der Waals surface area contributed by atoms with Crippen molar-refractivity contribution >= 4 is 34.0 Å². The van der Waals surface area contributed by atoms with Crippen LogP contribution in [-0.2, 0) is 0 Å². The molecule has 5 heteroatoms. The standard InChI is InChI=1S/C17H12ClNO2.Na/c18-13-6-3-7-14(10-13)19-17(21)15-8-11-4-1-2-5-12(11)9-16(15)20;/h1-10,20H,(H,19,21);/q;+1. The molecule has 0 fully saturated rings. The Morgan fingerprint density at radius 3 is 2.32 bits per heavy atom. The maximum Gasteiger partial charge on any atom is 1.00 e.